The maximum atomic E-state index is 13.0. The van der Waals surface area contributed by atoms with Crippen molar-refractivity contribution in [3.8, 4) is 0 Å². The fraction of sp³-hybridized carbons (Fsp3) is 0.333. The normalized spacial score (nSPS) is 12.2. The predicted molar refractivity (Wildman–Crippen MR) is 106 cm³/mol. The molecule has 0 aliphatic rings. The molecule has 0 fully saturated rings. The van der Waals surface area contributed by atoms with E-state index in [-0.39, 0.29) is 11.7 Å². The van der Waals surface area contributed by atoms with Crippen molar-refractivity contribution in [1.82, 2.24) is 24.7 Å². The summed E-state index contributed by atoms with van der Waals surface area (Å²) in [5, 5.41) is 15.4. The van der Waals surface area contributed by atoms with Crippen molar-refractivity contribution in [2.24, 2.45) is 7.05 Å². The number of benzene rings is 1. The molecular formula is C18H22FN7OS. The van der Waals surface area contributed by atoms with Gasteiger partial charge in [-0.25, -0.2) is 9.07 Å². The third-order valence-corrected chi connectivity index (χ3v) is 5.48. The summed E-state index contributed by atoms with van der Waals surface area (Å²) in [7, 11) is 1.83. The average molecular weight is 403 g/mol. The Morgan fingerprint density at radius 2 is 1.96 bits per heavy atom. The van der Waals surface area contributed by atoms with Crippen molar-refractivity contribution in [3.63, 3.8) is 0 Å². The van der Waals surface area contributed by atoms with Crippen LogP contribution in [-0.4, -0.2) is 35.8 Å². The van der Waals surface area contributed by atoms with Gasteiger partial charge >= 0.3 is 0 Å². The summed E-state index contributed by atoms with van der Waals surface area (Å²) >= 11 is 1.22. The SMILES string of the molecule is Cc1nn(C)c(C)c1NC(=O)[C@@H](C)Sc1nnc(Cc2ccc(F)cc2)n1N. The summed E-state index contributed by atoms with van der Waals surface area (Å²) in [4.78, 5) is 12.6. The Balaban J connectivity index is 1.67. The van der Waals surface area contributed by atoms with Gasteiger partial charge in [0.15, 0.2) is 5.82 Å². The molecule has 0 aliphatic carbocycles. The van der Waals surface area contributed by atoms with Crippen LogP contribution in [0.4, 0.5) is 10.1 Å². The van der Waals surface area contributed by atoms with Crippen LogP contribution in [0.5, 0.6) is 0 Å². The number of aryl methyl sites for hydroxylation is 2. The smallest absolute Gasteiger partial charge is 0.237 e. The molecule has 0 radical (unpaired) electrons. The summed E-state index contributed by atoms with van der Waals surface area (Å²) in [6.07, 6.45) is 0.416. The standard InChI is InChI=1S/C18H22FN7OS/c1-10-16(11(2)25(4)24-10)21-17(27)12(3)28-18-23-22-15(26(18)20)9-13-5-7-14(19)8-6-13/h5-8,12H,9,20H2,1-4H3,(H,21,27)/t12-/m1/s1. The lowest BCUT2D eigenvalue weighted by Crippen LogP contribution is -2.24. The summed E-state index contributed by atoms with van der Waals surface area (Å²) < 4.78 is 16.1. The van der Waals surface area contributed by atoms with Gasteiger partial charge < -0.3 is 11.2 Å². The molecule has 3 rings (SSSR count). The van der Waals surface area contributed by atoms with Crippen LogP contribution in [0.15, 0.2) is 29.4 Å². The van der Waals surface area contributed by atoms with Crippen molar-refractivity contribution in [2.75, 3.05) is 11.2 Å². The lowest BCUT2D eigenvalue weighted by Gasteiger charge is -2.12. The van der Waals surface area contributed by atoms with Crippen molar-refractivity contribution in [2.45, 2.75) is 37.6 Å². The highest BCUT2D eigenvalue weighted by atomic mass is 32.2. The number of amides is 1. The second-order valence-corrected chi connectivity index (χ2v) is 7.80. The molecule has 1 aromatic carbocycles. The molecule has 3 aromatic rings. The minimum Gasteiger partial charge on any atom is -0.336 e. The molecule has 3 N–H and O–H groups in total. The summed E-state index contributed by atoms with van der Waals surface area (Å²) in [6, 6.07) is 6.12. The van der Waals surface area contributed by atoms with Crippen LogP contribution < -0.4 is 11.2 Å². The predicted octanol–water partition coefficient (Wildman–Crippen LogP) is 2.19. The largest absolute Gasteiger partial charge is 0.336 e. The highest BCUT2D eigenvalue weighted by Crippen LogP contribution is 2.24. The molecule has 0 spiro atoms. The van der Waals surface area contributed by atoms with E-state index in [1.54, 1.807) is 23.7 Å². The summed E-state index contributed by atoms with van der Waals surface area (Å²) in [5.41, 5.74) is 3.22. The number of carbonyl (C=O) groups excluding carboxylic acids is 1. The first-order chi connectivity index (χ1) is 13.3. The second-order valence-electron chi connectivity index (χ2n) is 6.49. The van der Waals surface area contributed by atoms with Crippen molar-refractivity contribution in [1.29, 1.82) is 0 Å². The summed E-state index contributed by atoms with van der Waals surface area (Å²) in [6.45, 7) is 5.51. The van der Waals surface area contributed by atoms with E-state index in [9.17, 15) is 9.18 Å². The number of thioether (sulfide) groups is 1. The van der Waals surface area contributed by atoms with Gasteiger partial charge in [-0.05, 0) is 38.5 Å². The molecule has 148 valence electrons. The number of nitrogens with one attached hydrogen (secondary N) is 1. The van der Waals surface area contributed by atoms with Gasteiger partial charge in [-0.3, -0.25) is 9.48 Å². The number of nitrogens with zero attached hydrogens (tertiary/aromatic N) is 5. The number of rotatable bonds is 6. The van der Waals surface area contributed by atoms with Gasteiger partial charge in [-0.15, -0.1) is 10.2 Å². The molecule has 1 amide bonds. The third-order valence-electron chi connectivity index (χ3n) is 4.42. The van der Waals surface area contributed by atoms with Crippen molar-refractivity contribution in [3.05, 3.63) is 52.9 Å². The number of hydrogen-bond donors (Lipinski definition) is 2. The Bertz CT molecular complexity index is 996. The van der Waals surface area contributed by atoms with Gasteiger partial charge in [-0.1, -0.05) is 23.9 Å². The number of aromatic nitrogens is 5. The van der Waals surface area contributed by atoms with Gasteiger partial charge in [0.1, 0.15) is 5.82 Å². The van der Waals surface area contributed by atoms with E-state index in [0.717, 1.165) is 17.0 Å². The topological polar surface area (TPSA) is 104 Å². The average Bonchev–Trinajstić information content (AvgIpc) is 3.11. The fourth-order valence-electron chi connectivity index (χ4n) is 2.68. The fourth-order valence-corrected chi connectivity index (χ4v) is 3.47. The Kier molecular flexibility index (Phi) is 5.68. The molecule has 10 heteroatoms. The van der Waals surface area contributed by atoms with Gasteiger partial charge in [-0.2, -0.15) is 5.10 Å². The first-order valence-electron chi connectivity index (χ1n) is 8.67. The monoisotopic (exact) mass is 403 g/mol. The number of carbonyl (C=O) groups is 1. The molecule has 28 heavy (non-hydrogen) atoms. The zero-order valence-electron chi connectivity index (χ0n) is 16.1. The van der Waals surface area contributed by atoms with Gasteiger partial charge in [0.2, 0.25) is 11.1 Å². The molecule has 0 aliphatic heterocycles. The lowest BCUT2D eigenvalue weighted by molar-refractivity contribution is -0.115. The minimum atomic E-state index is -0.441. The number of hydrogen-bond acceptors (Lipinski definition) is 6. The first kappa shape index (κ1) is 19.9. The number of nitrogens with two attached hydrogens (primary N) is 1. The van der Waals surface area contributed by atoms with Crippen LogP contribution >= 0.6 is 11.8 Å². The Labute approximate surface area is 166 Å². The molecule has 0 unspecified atom stereocenters. The Hall–Kier alpha value is -2.88. The van der Waals surface area contributed by atoms with Crippen LogP contribution in [0.3, 0.4) is 0 Å². The van der Waals surface area contributed by atoms with E-state index in [4.69, 9.17) is 5.84 Å². The number of halogens is 1. The van der Waals surface area contributed by atoms with Gasteiger partial charge in [0.05, 0.1) is 22.3 Å². The third kappa shape index (κ3) is 4.16. The summed E-state index contributed by atoms with van der Waals surface area (Å²) in [5.74, 6) is 6.14. The zero-order chi connectivity index (χ0) is 20.4. The molecule has 1 atom stereocenters. The van der Waals surface area contributed by atoms with Crippen molar-refractivity contribution >= 4 is 23.4 Å². The van der Waals surface area contributed by atoms with Crippen LogP contribution in [0.2, 0.25) is 0 Å². The van der Waals surface area contributed by atoms with Crippen molar-refractivity contribution < 1.29 is 9.18 Å². The van der Waals surface area contributed by atoms with E-state index >= 15 is 0 Å². The van der Waals surface area contributed by atoms with E-state index in [0.29, 0.717) is 23.1 Å². The van der Waals surface area contributed by atoms with Crippen LogP contribution in [0.1, 0.15) is 29.7 Å². The Morgan fingerprint density at radius 3 is 2.57 bits per heavy atom. The highest BCUT2D eigenvalue weighted by Gasteiger charge is 2.21. The highest BCUT2D eigenvalue weighted by molar-refractivity contribution is 8.00. The molecule has 0 saturated carbocycles. The van der Waals surface area contributed by atoms with Gasteiger partial charge in [0, 0.05) is 13.5 Å². The van der Waals surface area contributed by atoms with E-state index in [2.05, 4.69) is 20.6 Å². The first-order valence-corrected chi connectivity index (χ1v) is 9.55. The van der Waals surface area contributed by atoms with E-state index in [1.165, 1.54) is 28.6 Å². The molecule has 2 aromatic heterocycles. The van der Waals surface area contributed by atoms with Crippen LogP contribution in [0.25, 0.3) is 0 Å². The van der Waals surface area contributed by atoms with E-state index < -0.39 is 5.25 Å². The van der Waals surface area contributed by atoms with E-state index in [1.807, 2.05) is 20.9 Å². The quantitative estimate of drug-likeness (QED) is 0.483. The molecule has 0 saturated heterocycles. The maximum absolute atomic E-state index is 13.0. The molecular weight excluding hydrogens is 381 g/mol. The second kappa shape index (κ2) is 8.01. The zero-order valence-corrected chi connectivity index (χ0v) is 16.9. The molecule has 0 bridgehead atoms. The van der Waals surface area contributed by atoms with Crippen LogP contribution in [0, 0.1) is 19.7 Å². The minimum absolute atomic E-state index is 0.174. The maximum Gasteiger partial charge on any atom is 0.237 e. The Morgan fingerprint density at radius 1 is 1.29 bits per heavy atom. The van der Waals surface area contributed by atoms with Gasteiger partial charge in [0.25, 0.3) is 0 Å². The van der Waals surface area contributed by atoms with Crippen LogP contribution in [-0.2, 0) is 18.3 Å². The molecule has 8 nitrogen and oxygen atoms in total. The number of anilines is 1. The lowest BCUT2D eigenvalue weighted by atomic mass is 10.1. The number of nitrogen functional groups attached to an aromatic ring is 1. The molecule has 2 heterocycles.